The van der Waals surface area contributed by atoms with Crippen molar-refractivity contribution < 1.29 is 35.9 Å². The van der Waals surface area contributed by atoms with Crippen molar-refractivity contribution in [2.75, 3.05) is 13.1 Å². The van der Waals surface area contributed by atoms with E-state index in [1.165, 1.54) is 18.2 Å². The summed E-state index contributed by atoms with van der Waals surface area (Å²) in [7, 11) is -4.37. The van der Waals surface area contributed by atoms with Gasteiger partial charge in [-0.1, -0.05) is 29.8 Å². The molecule has 0 unspecified atom stereocenters. The van der Waals surface area contributed by atoms with Crippen LogP contribution in [0.1, 0.15) is 24.8 Å². The summed E-state index contributed by atoms with van der Waals surface area (Å²) in [5.41, 5.74) is -3.76. The first-order chi connectivity index (χ1) is 14.4. The highest BCUT2D eigenvalue weighted by Crippen LogP contribution is 2.39. The lowest BCUT2D eigenvalue weighted by atomic mass is 9.97. The lowest BCUT2D eigenvalue weighted by Gasteiger charge is -2.23. The summed E-state index contributed by atoms with van der Waals surface area (Å²) in [6, 6.07) is 8.09. The zero-order chi connectivity index (χ0) is 23.0. The van der Waals surface area contributed by atoms with E-state index in [-0.39, 0.29) is 35.5 Å². The van der Waals surface area contributed by atoms with Crippen molar-refractivity contribution in [2.45, 2.75) is 36.0 Å². The van der Waals surface area contributed by atoms with Crippen LogP contribution in [0.25, 0.3) is 11.1 Å². The predicted octanol–water partition coefficient (Wildman–Crippen LogP) is 4.99. The zero-order valence-electron chi connectivity index (χ0n) is 16.0. The molecule has 1 heterocycles. The van der Waals surface area contributed by atoms with Crippen molar-refractivity contribution in [2.24, 2.45) is 0 Å². The number of nitrogens with zero attached hydrogens (tertiary/aromatic N) is 1. The van der Waals surface area contributed by atoms with Crippen LogP contribution < -0.4 is 0 Å². The van der Waals surface area contributed by atoms with Crippen LogP contribution in [0.2, 0.25) is 5.02 Å². The van der Waals surface area contributed by atoms with E-state index in [1.807, 2.05) is 0 Å². The highest BCUT2D eigenvalue weighted by atomic mass is 35.5. The number of alkyl halides is 4. The van der Waals surface area contributed by atoms with Gasteiger partial charge in [0.05, 0.1) is 10.5 Å². The third-order valence-corrected chi connectivity index (χ3v) is 7.50. The Kier molecular flexibility index (Phi) is 6.37. The van der Waals surface area contributed by atoms with E-state index < -0.39 is 51.3 Å². The van der Waals surface area contributed by atoms with Crippen LogP contribution in [0.5, 0.6) is 0 Å². The molecule has 0 aliphatic carbocycles. The highest BCUT2D eigenvalue weighted by molar-refractivity contribution is 7.89. The van der Waals surface area contributed by atoms with E-state index in [9.17, 15) is 30.8 Å². The molecule has 0 spiro atoms. The van der Waals surface area contributed by atoms with Crippen LogP contribution in [-0.2, 0) is 21.0 Å². The number of rotatable bonds is 4. The molecule has 11 heteroatoms. The average Bonchev–Trinajstić information content (AvgIpc) is 2.90. The average molecular weight is 480 g/mol. The molecule has 1 atom stereocenters. The van der Waals surface area contributed by atoms with Gasteiger partial charge in [-0.3, -0.25) is 0 Å². The number of benzene rings is 2. The van der Waals surface area contributed by atoms with Crippen LogP contribution >= 0.6 is 11.6 Å². The smallest absolute Gasteiger partial charge is 0.416 e. The number of aliphatic carboxylic acids is 1. The minimum atomic E-state index is -4.71. The second-order valence-corrected chi connectivity index (χ2v) is 9.53. The minimum absolute atomic E-state index is 0.0515. The largest absolute Gasteiger partial charge is 0.479 e. The number of hydrogen-bond donors (Lipinski definition) is 1. The topological polar surface area (TPSA) is 74.7 Å². The second-order valence-electron chi connectivity index (χ2n) is 7.22. The molecule has 1 N–H and O–H groups in total. The first-order valence-corrected chi connectivity index (χ1v) is 11.1. The van der Waals surface area contributed by atoms with Gasteiger partial charge < -0.3 is 5.11 Å². The fraction of sp³-hybridized carbons (Fsp3) is 0.350. The van der Waals surface area contributed by atoms with Crippen molar-refractivity contribution in [3.8, 4) is 11.1 Å². The van der Waals surface area contributed by atoms with E-state index in [4.69, 9.17) is 16.7 Å². The predicted molar refractivity (Wildman–Crippen MR) is 106 cm³/mol. The van der Waals surface area contributed by atoms with E-state index in [0.29, 0.717) is 12.1 Å². The number of halogens is 5. The molecular formula is C20H18ClF4NO4S. The summed E-state index contributed by atoms with van der Waals surface area (Å²) in [5.74, 6) is -1.67. The molecule has 0 bridgehead atoms. The first-order valence-electron chi connectivity index (χ1n) is 9.25. The van der Waals surface area contributed by atoms with Crippen molar-refractivity contribution in [1.29, 1.82) is 0 Å². The summed E-state index contributed by atoms with van der Waals surface area (Å²) in [6.07, 6.45) is -5.69. The molecule has 3 rings (SSSR count). The van der Waals surface area contributed by atoms with Gasteiger partial charge in [0.25, 0.3) is 0 Å². The molecule has 5 nitrogen and oxygen atoms in total. The molecule has 0 aromatic heterocycles. The number of carboxylic acids is 1. The lowest BCUT2D eigenvalue weighted by molar-refractivity contribution is -0.151. The maximum absolute atomic E-state index is 14.5. The Morgan fingerprint density at radius 3 is 2.35 bits per heavy atom. The number of carboxylic acid groups (broad SMARTS) is 1. The van der Waals surface area contributed by atoms with Gasteiger partial charge in [0.15, 0.2) is 0 Å². The van der Waals surface area contributed by atoms with Crippen molar-refractivity contribution in [3.05, 3.63) is 53.1 Å². The molecule has 0 radical (unpaired) electrons. The molecule has 1 aliphatic heterocycles. The Morgan fingerprint density at radius 1 is 1.06 bits per heavy atom. The summed E-state index contributed by atoms with van der Waals surface area (Å²) >= 11 is 6.13. The van der Waals surface area contributed by atoms with Crippen LogP contribution in [0.15, 0.2) is 47.4 Å². The fourth-order valence-electron chi connectivity index (χ4n) is 3.49. The zero-order valence-corrected chi connectivity index (χ0v) is 17.6. The Balaban J connectivity index is 2.11. The van der Waals surface area contributed by atoms with E-state index >= 15 is 0 Å². The van der Waals surface area contributed by atoms with Gasteiger partial charge in [-0.05, 0) is 37.1 Å². The van der Waals surface area contributed by atoms with Gasteiger partial charge in [0.2, 0.25) is 15.7 Å². The van der Waals surface area contributed by atoms with Gasteiger partial charge in [0, 0.05) is 35.7 Å². The van der Waals surface area contributed by atoms with Crippen molar-refractivity contribution in [3.63, 3.8) is 0 Å². The first kappa shape index (κ1) is 23.5. The van der Waals surface area contributed by atoms with Gasteiger partial charge in [-0.25, -0.2) is 17.6 Å². The van der Waals surface area contributed by atoms with Crippen LogP contribution in [0.4, 0.5) is 17.6 Å². The van der Waals surface area contributed by atoms with Crippen molar-refractivity contribution >= 4 is 27.6 Å². The molecular weight excluding hydrogens is 462 g/mol. The third-order valence-electron chi connectivity index (χ3n) is 5.21. The summed E-state index contributed by atoms with van der Waals surface area (Å²) < 4.78 is 82.0. The maximum atomic E-state index is 14.5. The number of sulfonamides is 1. The molecule has 168 valence electrons. The second kappa shape index (κ2) is 8.40. The van der Waals surface area contributed by atoms with E-state index in [1.54, 1.807) is 6.07 Å². The molecule has 2 aromatic carbocycles. The molecule has 0 saturated carbocycles. The number of hydrogen-bond acceptors (Lipinski definition) is 3. The monoisotopic (exact) mass is 479 g/mol. The maximum Gasteiger partial charge on any atom is 0.416 e. The molecule has 2 aromatic rings. The lowest BCUT2D eigenvalue weighted by Crippen LogP contribution is -2.36. The van der Waals surface area contributed by atoms with E-state index in [0.717, 1.165) is 10.4 Å². The third kappa shape index (κ3) is 4.70. The number of carbonyl (C=O) groups is 1. The quantitative estimate of drug-likeness (QED) is 0.627. The highest BCUT2D eigenvalue weighted by Gasteiger charge is 2.42. The minimum Gasteiger partial charge on any atom is -0.479 e. The van der Waals surface area contributed by atoms with Gasteiger partial charge >= 0.3 is 12.1 Å². The molecule has 1 fully saturated rings. The Labute approximate surface area is 181 Å². The summed E-state index contributed by atoms with van der Waals surface area (Å²) in [6.45, 7) is -0.585. The molecule has 1 aliphatic rings. The molecule has 0 amide bonds. The Bertz CT molecular complexity index is 1110. The van der Waals surface area contributed by atoms with Gasteiger partial charge in [-0.2, -0.15) is 17.5 Å². The van der Waals surface area contributed by atoms with E-state index in [2.05, 4.69) is 0 Å². The summed E-state index contributed by atoms with van der Waals surface area (Å²) in [5, 5.41) is 9.15. The van der Waals surface area contributed by atoms with Crippen LogP contribution in [0.3, 0.4) is 0 Å². The Morgan fingerprint density at radius 2 is 1.74 bits per heavy atom. The Hall–Kier alpha value is -2.17. The normalized spacial score (nSPS) is 20.9. The van der Waals surface area contributed by atoms with Crippen molar-refractivity contribution in [1.82, 2.24) is 4.31 Å². The van der Waals surface area contributed by atoms with Crippen LogP contribution in [-0.4, -0.2) is 42.6 Å². The molecule has 31 heavy (non-hydrogen) atoms. The summed E-state index contributed by atoms with van der Waals surface area (Å²) in [4.78, 5) is 10.8. The van der Waals surface area contributed by atoms with Gasteiger partial charge in [0.1, 0.15) is 0 Å². The van der Waals surface area contributed by atoms with Gasteiger partial charge in [-0.15, -0.1) is 0 Å². The fourth-order valence-corrected chi connectivity index (χ4v) is 5.39. The SMILES string of the molecule is O=C(O)[C@@]1(F)CCCN(S(=O)(=O)c2ccc(C(F)(F)F)cc2-c2ccccc2Cl)CC1. The van der Waals surface area contributed by atoms with Crippen LogP contribution in [0, 0.1) is 0 Å². The molecule has 1 saturated heterocycles. The standard InChI is InChI=1S/C20H18ClF4NO4S/c21-16-5-2-1-4-14(16)15-12-13(20(23,24)25)6-7-17(15)31(29,30)26-10-3-8-19(22,9-11-26)18(27)28/h1-2,4-7,12H,3,8-11H2,(H,27,28)/t19-/m1/s1.